The number of hydrogen-bond donors (Lipinski definition) is 2. The summed E-state index contributed by atoms with van der Waals surface area (Å²) >= 11 is 0. The fraction of sp³-hybridized carbons (Fsp3) is 0.273. The SMILES string of the molecule is COc1ccc(C(CC(=O)O)C(N)=O)cc1. The van der Waals surface area contributed by atoms with E-state index in [0.717, 1.165) is 0 Å². The maximum absolute atomic E-state index is 11.1. The van der Waals surface area contributed by atoms with Gasteiger partial charge in [-0.25, -0.2) is 0 Å². The fourth-order valence-electron chi connectivity index (χ4n) is 1.39. The lowest BCUT2D eigenvalue weighted by Crippen LogP contribution is -2.23. The lowest BCUT2D eigenvalue weighted by Gasteiger charge is -2.11. The molecule has 0 aliphatic carbocycles. The van der Waals surface area contributed by atoms with E-state index in [-0.39, 0.29) is 6.42 Å². The van der Waals surface area contributed by atoms with Crippen LogP contribution in [0.1, 0.15) is 17.9 Å². The second-order valence-electron chi connectivity index (χ2n) is 3.33. The van der Waals surface area contributed by atoms with E-state index in [1.807, 2.05) is 0 Å². The summed E-state index contributed by atoms with van der Waals surface area (Å²) in [6.45, 7) is 0. The molecule has 1 amide bonds. The fourth-order valence-corrected chi connectivity index (χ4v) is 1.39. The van der Waals surface area contributed by atoms with Gasteiger partial charge in [0, 0.05) is 0 Å². The zero-order valence-corrected chi connectivity index (χ0v) is 8.84. The number of rotatable bonds is 5. The lowest BCUT2D eigenvalue weighted by atomic mass is 9.95. The summed E-state index contributed by atoms with van der Waals surface area (Å²) < 4.78 is 4.96. The molecule has 1 rings (SSSR count). The van der Waals surface area contributed by atoms with E-state index >= 15 is 0 Å². The van der Waals surface area contributed by atoms with Crippen molar-refractivity contribution in [2.75, 3.05) is 7.11 Å². The number of amides is 1. The van der Waals surface area contributed by atoms with Crippen LogP contribution >= 0.6 is 0 Å². The highest BCUT2D eigenvalue weighted by Crippen LogP contribution is 2.22. The molecule has 1 aromatic carbocycles. The summed E-state index contributed by atoms with van der Waals surface area (Å²) in [4.78, 5) is 21.7. The summed E-state index contributed by atoms with van der Waals surface area (Å²) in [5.74, 6) is -1.86. The average Bonchev–Trinajstić information content (AvgIpc) is 2.25. The molecule has 0 aliphatic heterocycles. The van der Waals surface area contributed by atoms with Gasteiger partial charge in [0.25, 0.3) is 0 Å². The Morgan fingerprint density at radius 1 is 1.38 bits per heavy atom. The highest BCUT2D eigenvalue weighted by atomic mass is 16.5. The predicted octanol–water partition coefficient (Wildman–Crippen LogP) is 0.739. The number of benzene rings is 1. The first-order chi connectivity index (χ1) is 7.54. The second kappa shape index (κ2) is 5.16. The summed E-state index contributed by atoms with van der Waals surface area (Å²) in [6, 6.07) is 6.59. The third-order valence-electron chi connectivity index (χ3n) is 2.24. The normalized spacial score (nSPS) is 11.8. The van der Waals surface area contributed by atoms with Crippen LogP contribution in [0.25, 0.3) is 0 Å². The Balaban J connectivity index is 2.92. The summed E-state index contributed by atoms with van der Waals surface area (Å²) in [5.41, 5.74) is 5.73. The molecule has 0 heterocycles. The highest BCUT2D eigenvalue weighted by Gasteiger charge is 2.21. The van der Waals surface area contributed by atoms with Gasteiger partial charge in [-0.2, -0.15) is 0 Å². The van der Waals surface area contributed by atoms with E-state index < -0.39 is 17.8 Å². The molecule has 5 heteroatoms. The first kappa shape index (κ1) is 12.0. The number of hydrogen-bond acceptors (Lipinski definition) is 3. The van der Waals surface area contributed by atoms with E-state index in [1.165, 1.54) is 7.11 Å². The van der Waals surface area contributed by atoms with Crippen molar-refractivity contribution >= 4 is 11.9 Å². The van der Waals surface area contributed by atoms with Gasteiger partial charge in [-0.05, 0) is 17.7 Å². The molecule has 16 heavy (non-hydrogen) atoms. The maximum atomic E-state index is 11.1. The summed E-state index contributed by atoms with van der Waals surface area (Å²) in [7, 11) is 1.53. The highest BCUT2D eigenvalue weighted by molar-refractivity contribution is 5.86. The lowest BCUT2D eigenvalue weighted by molar-refractivity contribution is -0.139. The number of ether oxygens (including phenoxy) is 1. The minimum atomic E-state index is -1.06. The van der Waals surface area contributed by atoms with Crippen LogP contribution in [0.5, 0.6) is 5.75 Å². The van der Waals surface area contributed by atoms with Crippen molar-refractivity contribution in [3.05, 3.63) is 29.8 Å². The van der Waals surface area contributed by atoms with E-state index in [4.69, 9.17) is 15.6 Å². The van der Waals surface area contributed by atoms with Crippen LogP contribution in [0, 0.1) is 0 Å². The number of carbonyl (C=O) groups is 2. The molecule has 5 nitrogen and oxygen atoms in total. The van der Waals surface area contributed by atoms with Gasteiger partial charge in [0.2, 0.25) is 5.91 Å². The van der Waals surface area contributed by atoms with Crippen molar-refractivity contribution in [1.82, 2.24) is 0 Å². The first-order valence-electron chi connectivity index (χ1n) is 4.69. The Kier molecular flexibility index (Phi) is 3.88. The van der Waals surface area contributed by atoms with Crippen LogP contribution in [0.3, 0.4) is 0 Å². The molecule has 0 fully saturated rings. The molecule has 0 saturated carbocycles. The predicted molar refractivity (Wildman–Crippen MR) is 57.2 cm³/mol. The van der Waals surface area contributed by atoms with Crippen molar-refractivity contribution < 1.29 is 19.4 Å². The molecule has 0 bridgehead atoms. The smallest absolute Gasteiger partial charge is 0.304 e. The Labute approximate surface area is 92.8 Å². The monoisotopic (exact) mass is 223 g/mol. The number of carbonyl (C=O) groups excluding carboxylic acids is 1. The number of methoxy groups -OCH3 is 1. The number of aliphatic carboxylic acids is 1. The molecule has 0 saturated heterocycles. The maximum Gasteiger partial charge on any atom is 0.304 e. The Morgan fingerprint density at radius 2 is 1.94 bits per heavy atom. The topological polar surface area (TPSA) is 89.6 Å². The second-order valence-corrected chi connectivity index (χ2v) is 3.33. The number of nitrogens with two attached hydrogens (primary N) is 1. The van der Waals surface area contributed by atoms with Gasteiger partial charge in [-0.3, -0.25) is 9.59 Å². The van der Waals surface area contributed by atoms with E-state index in [9.17, 15) is 9.59 Å². The zero-order chi connectivity index (χ0) is 12.1. The van der Waals surface area contributed by atoms with Gasteiger partial charge in [-0.15, -0.1) is 0 Å². The van der Waals surface area contributed by atoms with E-state index in [1.54, 1.807) is 24.3 Å². The molecule has 1 unspecified atom stereocenters. The minimum absolute atomic E-state index is 0.304. The van der Waals surface area contributed by atoms with Gasteiger partial charge in [0.15, 0.2) is 0 Å². The average molecular weight is 223 g/mol. The Hall–Kier alpha value is -2.04. The number of carboxylic acid groups (broad SMARTS) is 1. The number of carboxylic acids is 1. The van der Waals surface area contributed by atoms with Gasteiger partial charge in [0.1, 0.15) is 5.75 Å². The van der Waals surface area contributed by atoms with Crippen LogP contribution in [0.2, 0.25) is 0 Å². The summed E-state index contributed by atoms with van der Waals surface area (Å²) in [5, 5.41) is 8.66. The van der Waals surface area contributed by atoms with Crippen molar-refractivity contribution in [3.63, 3.8) is 0 Å². The van der Waals surface area contributed by atoms with Crippen LogP contribution in [0.4, 0.5) is 0 Å². The largest absolute Gasteiger partial charge is 0.497 e. The van der Waals surface area contributed by atoms with Gasteiger partial charge in [-0.1, -0.05) is 12.1 Å². The van der Waals surface area contributed by atoms with Crippen LogP contribution in [-0.2, 0) is 9.59 Å². The van der Waals surface area contributed by atoms with Crippen LogP contribution in [-0.4, -0.2) is 24.1 Å². The molecule has 0 spiro atoms. The third-order valence-corrected chi connectivity index (χ3v) is 2.24. The molecule has 0 aromatic heterocycles. The molecule has 86 valence electrons. The van der Waals surface area contributed by atoms with Crippen molar-refractivity contribution in [2.24, 2.45) is 5.73 Å². The zero-order valence-electron chi connectivity index (χ0n) is 8.84. The van der Waals surface area contributed by atoms with E-state index in [0.29, 0.717) is 11.3 Å². The van der Waals surface area contributed by atoms with Gasteiger partial charge in [0.05, 0.1) is 19.4 Å². The molecule has 1 aromatic rings. The third kappa shape index (κ3) is 2.98. The van der Waals surface area contributed by atoms with Gasteiger partial charge >= 0.3 is 5.97 Å². The molecular weight excluding hydrogens is 210 g/mol. The molecule has 1 atom stereocenters. The summed E-state index contributed by atoms with van der Waals surface area (Å²) in [6.07, 6.45) is -0.304. The molecular formula is C11H13NO4. The number of primary amides is 1. The molecule has 0 aliphatic rings. The van der Waals surface area contributed by atoms with Crippen molar-refractivity contribution in [2.45, 2.75) is 12.3 Å². The standard InChI is InChI=1S/C11H13NO4/c1-16-8-4-2-7(3-5-8)9(11(12)15)6-10(13)14/h2-5,9H,6H2,1H3,(H2,12,15)(H,13,14). The molecule has 3 N–H and O–H groups in total. The van der Waals surface area contributed by atoms with Crippen LogP contribution in [0.15, 0.2) is 24.3 Å². The molecule has 0 radical (unpaired) electrons. The van der Waals surface area contributed by atoms with Crippen molar-refractivity contribution in [1.29, 1.82) is 0 Å². The van der Waals surface area contributed by atoms with Crippen molar-refractivity contribution in [3.8, 4) is 5.75 Å². The quantitative estimate of drug-likeness (QED) is 0.770. The van der Waals surface area contributed by atoms with Gasteiger partial charge < -0.3 is 15.6 Å². The first-order valence-corrected chi connectivity index (χ1v) is 4.69. The Bertz CT molecular complexity index is 385. The van der Waals surface area contributed by atoms with Crippen LogP contribution < -0.4 is 10.5 Å². The minimum Gasteiger partial charge on any atom is -0.497 e. The van der Waals surface area contributed by atoms with E-state index in [2.05, 4.69) is 0 Å². The Morgan fingerprint density at radius 3 is 2.31 bits per heavy atom.